The lowest BCUT2D eigenvalue weighted by atomic mass is 10.2. The third kappa shape index (κ3) is 4.91. The molecule has 0 spiro atoms. The van der Waals surface area contributed by atoms with E-state index in [2.05, 4.69) is 5.32 Å². The van der Waals surface area contributed by atoms with Crippen LogP contribution in [0, 0.1) is 0 Å². The van der Waals surface area contributed by atoms with Gasteiger partial charge in [0.25, 0.3) is 0 Å². The number of benzene rings is 1. The van der Waals surface area contributed by atoms with Gasteiger partial charge in [-0.15, -0.1) is 0 Å². The Hall–Kier alpha value is -0.810. The monoisotopic (exact) mass is 259 g/mol. The molecule has 0 bridgehead atoms. The van der Waals surface area contributed by atoms with Crippen LogP contribution in [0.3, 0.4) is 0 Å². The molecule has 17 heavy (non-hydrogen) atoms. The Bertz CT molecular complexity index is 347. The maximum atomic E-state index is 9.46. The first kappa shape index (κ1) is 14.3. The first-order valence-corrected chi connectivity index (χ1v) is 5.75. The normalized spacial score (nSPS) is 12.5. The maximum absolute atomic E-state index is 9.46. The highest BCUT2D eigenvalue weighted by atomic mass is 35.5. The lowest BCUT2D eigenvalue weighted by molar-refractivity contribution is 0.0644. The van der Waals surface area contributed by atoms with Crippen molar-refractivity contribution in [3.8, 4) is 5.75 Å². The van der Waals surface area contributed by atoms with Crippen molar-refractivity contribution < 1.29 is 14.6 Å². The Morgan fingerprint density at radius 2 is 2.18 bits per heavy atom. The van der Waals surface area contributed by atoms with Gasteiger partial charge in [0.05, 0.1) is 19.8 Å². The van der Waals surface area contributed by atoms with Crippen LogP contribution in [0.25, 0.3) is 0 Å². The predicted octanol–water partition coefficient (Wildman–Crippen LogP) is 1.45. The van der Waals surface area contributed by atoms with Gasteiger partial charge in [-0.1, -0.05) is 11.6 Å². The minimum Gasteiger partial charge on any atom is -0.496 e. The van der Waals surface area contributed by atoms with E-state index in [0.29, 0.717) is 24.7 Å². The van der Waals surface area contributed by atoms with Crippen LogP contribution < -0.4 is 10.1 Å². The molecule has 0 radical (unpaired) electrons. The summed E-state index contributed by atoms with van der Waals surface area (Å²) in [6, 6.07) is 5.45. The SMILES string of the molecule is COCC(O)CNCc1cc(Cl)ccc1OC. The van der Waals surface area contributed by atoms with Gasteiger partial charge in [-0.05, 0) is 18.2 Å². The number of halogens is 1. The summed E-state index contributed by atoms with van der Waals surface area (Å²) in [7, 11) is 3.18. The van der Waals surface area contributed by atoms with E-state index in [1.54, 1.807) is 20.3 Å². The van der Waals surface area contributed by atoms with Crippen LogP contribution >= 0.6 is 11.6 Å². The third-order valence-corrected chi connectivity index (χ3v) is 2.53. The molecule has 2 N–H and O–H groups in total. The average molecular weight is 260 g/mol. The van der Waals surface area contributed by atoms with Gasteiger partial charge in [-0.2, -0.15) is 0 Å². The number of aliphatic hydroxyl groups is 1. The molecule has 1 aromatic rings. The maximum Gasteiger partial charge on any atom is 0.123 e. The Morgan fingerprint density at radius 3 is 2.82 bits per heavy atom. The van der Waals surface area contributed by atoms with E-state index in [-0.39, 0.29) is 0 Å². The summed E-state index contributed by atoms with van der Waals surface area (Å²) < 4.78 is 10.1. The third-order valence-electron chi connectivity index (χ3n) is 2.30. The van der Waals surface area contributed by atoms with Crippen LogP contribution in [0.1, 0.15) is 5.56 Å². The zero-order valence-corrected chi connectivity index (χ0v) is 10.8. The molecule has 0 aliphatic rings. The Morgan fingerprint density at radius 1 is 1.41 bits per heavy atom. The molecule has 0 heterocycles. The number of rotatable bonds is 7. The summed E-state index contributed by atoms with van der Waals surface area (Å²) in [5, 5.41) is 13.2. The summed E-state index contributed by atoms with van der Waals surface area (Å²) in [6.07, 6.45) is -0.509. The molecule has 0 aliphatic heterocycles. The number of hydrogen-bond donors (Lipinski definition) is 2. The summed E-state index contributed by atoms with van der Waals surface area (Å²) in [6.45, 7) is 1.37. The molecule has 0 amide bonds. The molecule has 1 unspecified atom stereocenters. The first-order valence-electron chi connectivity index (χ1n) is 5.37. The van der Waals surface area contributed by atoms with Crippen molar-refractivity contribution in [1.82, 2.24) is 5.32 Å². The van der Waals surface area contributed by atoms with Gasteiger partial charge in [0, 0.05) is 30.8 Å². The molecule has 5 heteroatoms. The van der Waals surface area contributed by atoms with Gasteiger partial charge in [0.2, 0.25) is 0 Å². The molecular formula is C12H18ClNO3. The Labute approximate surface area is 106 Å². The molecule has 1 atom stereocenters. The van der Waals surface area contributed by atoms with Crippen LogP contribution in [0.5, 0.6) is 5.75 Å². The van der Waals surface area contributed by atoms with Gasteiger partial charge in [0.1, 0.15) is 5.75 Å². The Kier molecular flexibility index (Phi) is 6.29. The molecule has 96 valence electrons. The van der Waals surface area contributed by atoms with E-state index in [1.807, 2.05) is 12.1 Å². The predicted molar refractivity (Wildman–Crippen MR) is 67.6 cm³/mol. The fourth-order valence-electron chi connectivity index (χ4n) is 1.51. The highest BCUT2D eigenvalue weighted by Gasteiger charge is 2.06. The summed E-state index contributed by atoms with van der Waals surface area (Å²) in [4.78, 5) is 0. The van der Waals surface area contributed by atoms with E-state index in [0.717, 1.165) is 11.3 Å². The van der Waals surface area contributed by atoms with Crippen LogP contribution in [0.4, 0.5) is 0 Å². The topological polar surface area (TPSA) is 50.7 Å². The van der Waals surface area contributed by atoms with E-state index >= 15 is 0 Å². The number of ether oxygens (including phenoxy) is 2. The molecule has 0 aliphatic carbocycles. The van der Waals surface area contributed by atoms with Crippen molar-refractivity contribution in [3.63, 3.8) is 0 Å². The van der Waals surface area contributed by atoms with Crippen molar-refractivity contribution in [1.29, 1.82) is 0 Å². The van der Waals surface area contributed by atoms with Crippen LogP contribution in [-0.4, -0.2) is 38.6 Å². The lowest BCUT2D eigenvalue weighted by Crippen LogP contribution is -2.29. The first-order chi connectivity index (χ1) is 8.17. The highest BCUT2D eigenvalue weighted by molar-refractivity contribution is 6.30. The van der Waals surface area contributed by atoms with Crippen molar-refractivity contribution >= 4 is 11.6 Å². The van der Waals surface area contributed by atoms with Crippen molar-refractivity contribution in [2.75, 3.05) is 27.4 Å². The molecule has 0 saturated heterocycles. The average Bonchev–Trinajstić information content (AvgIpc) is 2.30. The number of aliphatic hydroxyl groups excluding tert-OH is 1. The largest absolute Gasteiger partial charge is 0.496 e. The molecular weight excluding hydrogens is 242 g/mol. The van der Waals surface area contributed by atoms with Gasteiger partial charge in [-0.25, -0.2) is 0 Å². The van der Waals surface area contributed by atoms with Crippen molar-refractivity contribution in [2.45, 2.75) is 12.6 Å². The van der Waals surface area contributed by atoms with Crippen LogP contribution in [-0.2, 0) is 11.3 Å². The quantitative estimate of drug-likeness (QED) is 0.778. The molecule has 0 aromatic heterocycles. The van der Waals surface area contributed by atoms with E-state index in [9.17, 15) is 5.11 Å². The summed E-state index contributed by atoms with van der Waals surface area (Å²) >= 11 is 5.91. The summed E-state index contributed by atoms with van der Waals surface area (Å²) in [5.41, 5.74) is 0.963. The summed E-state index contributed by atoms with van der Waals surface area (Å²) in [5.74, 6) is 0.781. The van der Waals surface area contributed by atoms with Gasteiger partial charge in [0.15, 0.2) is 0 Å². The smallest absolute Gasteiger partial charge is 0.123 e. The van der Waals surface area contributed by atoms with Crippen LogP contribution in [0.15, 0.2) is 18.2 Å². The van der Waals surface area contributed by atoms with Crippen molar-refractivity contribution in [2.24, 2.45) is 0 Å². The van der Waals surface area contributed by atoms with Gasteiger partial charge < -0.3 is 19.9 Å². The van der Waals surface area contributed by atoms with E-state index < -0.39 is 6.10 Å². The van der Waals surface area contributed by atoms with Gasteiger partial charge >= 0.3 is 0 Å². The molecule has 1 rings (SSSR count). The zero-order chi connectivity index (χ0) is 12.7. The zero-order valence-electron chi connectivity index (χ0n) is 10.1. The number of hydrogen-bond acceptors (Lipinski definition) is 4. The second kappa shape index (κ2) is 7.50. The minimum atomic E-state index is -0.509. The number of nitrogens with one attached hydrogen (secondary N) is 1. The fourth-order valence-corrected chi connectivity index (χ4v) is 1.70. The molecule has 1 aromatic carbocycles. The van der Waals surface area contributed by atoms with Crippen LogP contribution in [0.2, 0.25) is 5.02 Å². The number of methoxy groups -OCH3 is 2. The molecule has 4 nitrogen and oxygen atoms in total. The van der Waals surface area contributed by atoms with Gasteiger partial charge in [-0.3, -0.25) is 0 Å². The standard InChI is InChI=1S/C12H18ClNO3/c1-16-8-11(15)7-14-6-9-5-10(13)3-4-12(9)17-2/h3-5,11,14-15H,6-8H2,1-2H3. The lowest BCUT2D eigenvalue weighted by Gasteiger charge is -2.13. The fraction of sp³-hybridized carbons (Fsp3) is 0.500. The second-order valence-electron chi connectivity index (χ2n) is 3.70. The molecule has 0 fully saturated rings. The molecule has 0 saturated carbocycles. The van der Waals surface area contributed by atoms with E-state index in [1.165, 1.54) is 0 Å². The Balaban J connectivity index is 2.48. The van der Waals surface area contributed by atoms with E-state index in [4.69, 9.17) is 21.1 Å². The highest BCUT2D eigenvalue weighted by Crippen LogP contribution is 2.22. The minimum absolute atomic E-state index is 0.319. The second-order valence-corrected chi connectivity index (χ2v) is 4.13. The van der Waals surface area contributed by atoms with Crippen molar-refractivity contribution in [3.05, 3.63) is 28.8 Å².